The Kier molecular flexibility index (Phi) is 7.97. The Balaban J connectivity index is 2.05. The molecule has 3 nitrogen and oxygen atoms in total. The maximum atomic E-state index is 10.8. The van der Waals surface area contributed by atoms with Gasteiger partial charge in [0.1, 0.15) is 5.78 Å². The third-order valence-corrected chi connectivity index (χ3v) is 3.31. The number of ketones is 1. The number of carbonyl (C=O) groups excluding carboxylic acids is 1. The van der Waals surface area contributed by atoms with E-state index in [-0.39, 0.29) is 5.78 Å². The SMILES string of the molecule is CC(=O)CCCCCOCCc1ccc(N(C)C)cc1. The van der Waals surface area contributed by atoms with Crippen molar-refractivity contribution in [2.45, 2.75) is 39.0 Å². The molecule has 0 radical (unpaired) electrons. The number of nitrogens with zero attached hydrogens (tertiary/aromatic N) is 1. The molecule has 0 fully saturated rings. The van der Waals surface area contributed by atoms with Crippen LogP contribution in [0.15, 0.2) is 24.3 Å². The molecule has 0 aromatic heterocycles. The van der Waals surface area contributed by atoms with Crippen molar-refractivity contribution < 1.29 is 9.53 Å². The van der Waals surface area contributed by atoms with E-state index >= 15 is 0 Å². The van der Waals surface area contributed by atoms with Crippen molar-refractivity contribution in [3.63, 3.8) is 0 Å². The normalized spacial score (nSPS) is 10.6. The van der Waals surface area contributed by atoms with Crippen molar-refractivity contribution in [1.82, 2.24) is 0 Å². The smallest absolute Gasteiger partial charge is 0.129 e. The van der Waals surface area contributed by atoms with E-state index in [1.54, 1.807) is 6.92 Å². The van der Waals surface area contributed by atoms with E-state index in [4.69, 9.17) is 4.74 Å². The number of Topliss-reactive ketones (excluding diaryl/α,β-unsaturated/α-hetero) is 1. The van der Waals surface area contributed by atoms with Gasteiger partial charge in [0, 0.05) is 32.8 Å². The van der Waals surface area contributed by atoms with Crippen LogP contribution in [0.3, 0.4) is 0 Å². The van der Waals surface area contributed by atoms with E-state index < -0.39 is 0 Å². The van der Waals surface area contributed by atoms with E-state index in [1.807, 2.05) is 14.1 Å². The number of hydrogen-bond acceptors (Lipinski definition) is 3. The van der Waals surface area contributed by atoms with Gasteiger partial charge in [0.25, 0.3) is 0 Å². The number of ether oxygens (including phenoxy) is 1. The number of carbonyl (C=O) groups is 1. The van der Waals surface area contributed by atoms with Crippen LogP contribution < -0.4 is 4.90 Å². The van der Waals surface area contributed by atoms with Gasteiger partial charge in [-0.1, -0.05) is 18.6 Å². The average molecular weight is 277 g/mol. The Hall–Kier alpha value is -1.35. The van der Waals surface area contributed by atoms with Gasteiger partial charge in [-0.15, -0.1) is 0 Å². The molecule has 1 aromatic carbocycles. The lowest BCUT2D eigenvalue weighted by Gasteiger charge is -2.12. The highest BCUT2D eigenvalue weighted by Crippen LogP contribution is 2.12. The Morgan fingerprint density at radius 3 is 2.35 bits per heavy atom. The molecular formula is C17H27NO2. The first-order valence-electron chi connectivity index (χ1n) is 7.43. The van der Waals surface area contributed by atoms with E-state index in [1.165, 1.54) is 11.3 Å². The van der Waals surface area contributed by atoms with E-state index in [9.17, 15) is 4.79 Å². The van der Waals surface area contributed by atoms with Crippen molar-refractivity contribution in [3.8, 4) is 0 Å². The molecule has 0 saturated carbocycles. The second-order valence-corrected chi connectivity index (χ2v) is 5.44. The van der Waals surface area contributed by atoms with Gasteiger partial charge in [0.2, 0.25) is 0 Å². The van der Waals surface area contributed by atoms with Crippen LogP contribution in [0, 0.1) is 0 Å². The zero-order valence-electron chi connectivity index (χ0n) is 13.0. The van der Waals surface area contributed by atoms with Crippen molar-refractivity contribution >= 4 is 11.5 Å². The molecule has 0 aliphatic carbocycles. The van der Waals surface area contributed by atoms with E-state index in [2.05, 4.69) is 29.2 Å². The van der Waals surface area contributed by atoms with E-state index in [0.717, 1.165) is 38.9 Å². The first-order chi connectivity index (χ1) is 9.59. The molecule has 20 heavy (non-hydrogen) atoms. The number of unbranched alkanes of at least 4 members (excludes halogenated alkanes) is 2. The van der Waals surface area contributed by atoms with Gasteiger partial charge in [-0.2, -0.15) is 0 Å². The standard InChI is InChI=1S/C17H27NO2/c1-15(19)7-5-4-6-13-20-14-12-16-8-10-17(11-9-16)18(2)3/h8-11H,4-7,12-14H2,1-3H3. The maximum absolute atomic E-state index is 10.8. The average Bonchev–Trinajstić information content (AvgIpc) is 2.42. The Labute approximate surface area is 122 Å². The molecule has 1 aromatic rings. The molecule has 0 saturated heterocycles. The Morgan fingerprint density at radius 2 is 1.75 bits per heavy atom. The van der Waals surface area contributed by atoms with Crippen molar-refractivity contribution in [3.05, 3.63) is 29.8 Å². The summed E-state index contributed by atoms with van der Waals surface area (Å²) in [6.07, 6.45) is 4.79. The fraction of sp³-hybridized carbons (Fsp3) is 0.588. The zero-order chi connectivity index (χ0) is 14.8. The van der Waals surface area contributed by atoms with Crippen LogP contribution in [0.4, 0.5) is 5.69 Å². The predicted molar refractivity (Wildman–Crippen MR) is 84.4 cm³/mol. The van der Waals surface area contributed by atoms with Crippen LogP contribution in [0.2, 0.25) is 0 Å². The fourth-order valence-electron chi connectivity index (χ4n) is 2.01. The summed E-state index contributed by atoms with van der Waals surface area (Å²) < 4.78 is 5.63. The summed E-state index contributed by atoms with van der Waals surface area (Å²) in [6, 6.07) is 8.59. The molecule has 112 valence electrons. The van der Waals surface area contributed by atoms with Gasteiger partial charge < -0.3 is 14.4 Å². The summed E-state index contributed by atoms with van der Waals surface area (Å²) in [4.78, 5) is 12.9. The van der Waals surface area contributed by atoms with Crippen LogP contribution in [-0.2, 0) is 16.0 Å². The summed E-state index contributed by atoms with van der Waals surface area (Å²) in [5.74, 6) is 0.284. The van der Waals surface area contributed by atoms with Crippen LogP contribution in [0.25, 0.3) is 0 Å². The van der Waals surface area contributed by atoms with E-state index in [0.29, 0.717) is 6.42 Å². The van der Waals surface area contributed by atoms with Gasteiger partial charge in [0.15, 0.2) is 0 Å². The minimum absolute atomic E-state index is 0.284. The topological polar surface area (TPSA) is 29.5 Å². The van der Waals surface area contributed by atoms with Gasteiger partial charge in [-0.25, -0.2) is 0 Å². The summed E-state index contributed by atoms with van der Waals surface area (Å²) in [5, 5.41) is 0. The summed E-state index contributed by atoms with van der Waals surface area (Å²) in [6.45, 7) is 3.22. The molecule has 0 spiro atoms. The molecule has 0 heterocycles. The van der Waals surface area contributed by atoms with Gasteiger partial charge >= 0.3 is 0 Å². The number of anilines is 1. The molecule has 3 heteroatoms. The molecule has 0 atom stereocenters. The first-order valence-corrected chi connectivity index (χ1v) is 7.43. The molecular weight excluding hydrogens is 250 g/mol. The molecule has 0 bridgehead atoms. The summed E-state index contributed by atoms with van der Waals surface area (Å²) >= 11 is 0. The third-order valence-electron chi connectivity index (χ3n) is 3.31. The molecule has 0 unspecified atom stereocenters. The highest BCUT2D eigenvalue weighted by Gasteiger charge is 1.97. The molecule has 0 aliphatic heterocycles. The second-order valence-electron chi connectivity index (χ2n) is 5.44. The lowest BCUT2D eigenvalue weighted by molar-refractivity contribution is -0.117. The summed E-state index contributed by atoms with van der Waals surface area (Å²) in [5.41, 5.74) is 2.53. The lowest BCUT2D eigenvalue weighted by Crippen LogP contribution is -2.08. The molecule has 1 rings (SSSR count). The third kappa shape index (κ3) is 7.29. The van der Waals surface area contributed by atoms with Crippen LogP contribution in [0.5, 0.6) is 0 Å². The second kappa shape index (κ2) is 9.54. The molecule has 0 amide bonds. The zero-order valence-corrected chi connectivity index (χ0v) is 13.0. The lowest BCUT2D eigenvalue weighted by atomic mass is 10.1. The largest absolute Gasteiger partial charge is 0.381 e. The van der Waals surface area contributed by atoms with Crippen LogP contribution >= 0.6 is 0 Å². The molecule has 0 N–H and O–H groups in total. The van der Waals surface area contributed by atoms with Crippen molar-refractivity contribution in [2.75, 3.05) is 32.2 Å². The van der Waals surface area contributed by atoms with Crippen LogP contribution in [-0.4, -0.2) is 33.1 Å². The molecule has 0 aliphatic rings. The summed E-state index contributed by atoms with van der Waals surface area (Å²) in [7, 11) is 4.09. The predicted octanol–water partition coefficient (Wildman–Crippen LogP) is 3.46. The fourth-order valence-corrected chi connectivity index (χ4v) is 2.01. The highest BCUT2D eigenvalue weighted by atomic mass is 16.5. The van der Waals surface area contributed by atoms with Gasteiger partial charge in [-0.05, 0) is 43.9 Å². The van der Waals surface area contributed by atoms with Crippen molar-refractivity contribution in [1.29, 1.82) is 0 Å². The Morgan fingerprint density at radius 1 is 1.05 bits per heavy atom. The monoisotopic (exact) mass is 277 g/mol. The number of rotatable bonds is 10. The Bertz CT molecular complexity index is 384. The highest BCUT2D eigenvalue weighted by molar-refractivity contribution is 5.75. The minimum Gasteiger partial charge on any atom is -0.381 e. The van der Waals surface area contributed by atoms with Crippen LogP contribution in [0.1, 0.15) is 38.2 Å². The number of benzene rings is 1. The van der Waals surface area contributed by atoms with Gasteiger partial charge in [-0.3, -0.25) is 0 Å². The first kappa shape index (κ1) is 16.7. The quantitative estimate of drug-likeness (QED) is 0.613. The number of hydrogen-bond donors (Lipinski definition) is 0. The minimum atomic E-state index is 0.284. The van der Waals surface area contributed by atoms with Gasteiger partial charge in [0.05, 0.1) is 6.61 Å². The van der Waals surface area contributed by atoms with Crippen molar-refractivity contribution in [2.24, 2.45) is 0 Å². The maximum Gasteiger partial charge on any atom is 0.129 e.